The number of nitrogens with one attached hydrogen (secondary N) is 1. The maximum atomic E-state index is 13.7. The van der Waals surface area contributed by atoms with Crippen LogP contribution in [0.4, 0.5) is 4.39 Å². The summed E-state index contributed by atoms with van der Waals surface area (Å²) in [5.41, 5.74) is 2.16. The molecule has 2 heterocycles. The van der Waals surface area contributed by atoms with E-state index >= 15 is 0 Å². The number of rotatable bonds is 4. The molecule has 3 rings (SSSR count). The molecule has 2 aromatic rings. The molecule has 0 radical (unpaired) electrons. The van der Waals surface area contributed by atoms with Crippen molar-refractivity contribution >= 4 is 5.91 Å². The fraction of sp³-hybridized carbons (Fsp3) is 0.421. The molecule has 0 aromatic carbocycles. The van der Waals surface area contributed by atoms with Crippen LogP contribution < -0.4 is 10.9 Å². The van der Waals surface area contributed by atoms with Gasteiger partial charge in [-0.15, -0.1) is 0 Å². The molecule has 0 spiro atoms. The lowest BCUT2D eigenvalue weighted by Gasteiger charge is -2.28. The fourth-order valence-electron chi connectivity index (χ4n) is 3.34. The van der Waals surface area contributed by atoms with E-state index in [0.29, 0.717) is 18.9 Å². The zero-order valence-corrected chi connectivity index (χ0v) is 14.5. The molecule has 1 amide bonds. The van der Waals surface area contributed by atoms with E-state index in [9.17, 15) is 14.0 Å². The number of carbonyl (C=O) groups is 1. The summed E-state index contributed by atoms with van der Waals surface area (Å²) in [5.74, 6) is -0.665. The average Bonchev–Trinajstić information content (AvgIpc) is 2.57. The minimum atomic E-state index is -0.623. The van der Waals surface area contributed by atoms with Gasteiger partial charge in [0, 0.05) is 30.5 Å². The zero-order chi connectivity index (χ0) is 18.0. The summed E-state index contributed by atoms with van der Waals surface area (Å²) in [6.45, 7) is 4.86. The SMILES string of the molecule is CC(C)Cn1c2c(ccc1=O)CC(NC(=O)c1ccncc1F)CC2. The van der Waals surface area contributed by atoms with Gasteiger partial charge in [-0.2, -0.15) is 0 Å². The number of carbonyl (C=O) groups excluding carboxylic acids is 1. The lowest BCUT2D eigenvalue weighted by Crippen LogP contribution is -2.41. The summed E-state index contributed by atoms with van der Waals surface area (Å²) < 4.78 is 15.5. The van der Waals surface area contributed by atoms with Crippen molar-refractivity contribution in [1.29, 1.82) is 0 Å². The second kappa shape index (κ2) is 7.17. The molecule has 5 nitrogen and oxygen atoms in total. The maximum absolute atomic E-state index is 13.7. The third kappa shape index (κ3) is 3.78. The van der Waals surface area contributed by atoms with Gasteiger partial charge in [-0.05, 0) is 36.8 Å². The molecule has 132 valence electrons. The molecule has 25 heavy (non-hydrogen) atoms. The Morgan fingerprint density at radius 3 is 2.92 bits per heavy atom. The molecular weight excluding hydrogens is 321 g/mol. The van der Waals surface area contributed by atoms with Crippen molar-refractivity contribution in [3.63, 3.8) is 0 Å². The first-order valence-electron chi connectivity index (χ1n) is 8.57. The number of fused-ring (bicyclic) bond motifs is 1. The van der Waals surface area contributed by atoms with E-state index in [1.165, 1.54) is 12.3 Å². The van der Waals surface area contributed by atoms with Gasteiger partial charge in [0.25, 0.3) is 11.5 Å². The van der Waals surface area contributed by atoms with Gasteiger partial charge >= 0.3 is 0 Å². The van der Waals surface area contributed by atoms with E-state index < -0.39 is 11.7 Å². The number of nitrogens with zero attached hydrogens (tertiary/aromatic N) is 2. The van der Waals surface area contributed by atoms with Crippen LogP contribution in [0.5, 0.6) is 0 Å². The van der Waals surface area contributed by atoms with Crippen LogP contribution >= 0.6 is 0 Å². The quantitative estimate of drug-likeness (QED) is 0.927. The second-order valence-corrected chi connectivity index (χ2v) is 6.92. The van der Waals surface area contributed by atoms with Crippen molar-refractivity contribution in [3.8, 4) is 0 Å². The summed E-state index contributed by atoms with van der Waals surface area (Å²) in [6.07, 6.45) is 4.54. The summed E-state index contributed by atoms with van der Waals surface area (Å²) in [7, 11) is 0. The minimum absolute atomic E-state index is 0.00516. The molecule has 6 heteroatoms. The molecule has 2 aromatic heterocycles. The number of pyridine rings is 2. The first kappa shape index (κ1) is 17.3. The normalized spacial score (nSPS) is 16.6. The van der Waals surface area contributed by atoms with Gasteiger partial charge in [-0.3, -0.25) is 14.6 Å². The topological polar surface area (TPSA) is 64.0 Å². The Labute approximate surface area is 145 Å². The highest BCUT2D eigenvalue weighted by atomic mass is 19.1. The number of halogens is 1. The number of hydrogen-bond acceptors (Lipinski definition) is 3. The number of amides is 1. The van der Waals surface area contributed by atoms with Crippen LogP contribution in [0.15, 0.2) is 35.4 Å². The van der Waals surface area contributed by atoms with Gasteiger partial charge in [0.05, 0.1) is 11.8 Å². The fourth-order valence-corrected chi connectivity index (χ4v) is 3.34. The molecule has 0 saturated heterocycles. The van der Waals surface area contributed by atoms with E-state index in [2.05, 4.69) is 24.1 Å². The Morgan fingerprint density at radius 2 is 2.20 bits per heavy atom. The Hall–Kier alpha value is -2.50. The predicted molar refractivity (Wildman–Crippen MR) is 93.0 cm³/mol. The summed E-state index contributed by atoms with van der Waals surface area (Å²) in [5, 5.41) is 2.90. The van der Waals surface area contributed by atoms with Crippen LogP contribution in [-0.2, 0) is 19.4 Å². The lowest BCUT2D eigenvalue weighted by molar-refractivity contribution is 0.0929. The Morgan fingerprint density at radius 1 is 1.40 bits per heavy atom. The van der Waals surface area contributed by atoms with Crippen molar-refractivity contribution in [1.82, 2.24) is 14.9 Å². The highest BCUT2D eigenvalue weighted by Crippen LogP contribution is 2.21. The second-order valence-electron chi connectivity index (χ2n) is 6.92. The van der Waals surface area contributed by atoms with Crippen LogP contribution in [0.25, 0.3) is 0 Å². The summed E-state index contributed by atoms with van der Waals surface area (Å²) in [4.78, 5) is 28.1. The minimum Gasteiger partial charge on any atom is -0.349 e. The van der Waals surface area contributed by atoms with Gasteiger partial charge in [-0.25, -0.2) is 4.39 Å². The molecular formula is C19H22FN3O2. The largest absolute Gasteiger partial charge is 0.349 e. The van der Waals surface area contributed by atoms with E-state index in [4.69, 9.17) is 0 Å². The van der Waals surface area contributed by atoms with Gasteiger partial charge in [0.1, 0.15) is 0 Å². The molecule has 0 aliphatic heterocycles. The van der Waals surface area contributed by atoms with Gasteiger partial charge < -0.3 is 9.88 Å². The van der Waals surface area contributed by atoms with Crippen molar-refractivity contribution in [2.24, 2.45) is 5.92 Å². The average molecular weight is 343 g/mol. The van der Waals surface area contributed by atoms with Crippen molar-refractivity contribution < 1.29 is 9.18 Å². The molecule has 1 N–H and O–H groups in total. The smallest absolute Gasteiger partial charge is 0.254 e. The Balaban J connectivity index is 1.77. The molecule has 0 saturated carbocycles. The molecule has 1 atom stereocenters. The molecule has 0 fully saturated rings. The van der Waals surface area contributed by atoms with Gasteiger partial charge in [-0.1, -0.05) is 19.9 Å². The van der Waals surface area contributed by atoms with Crippen LogP contribution in [-0.4, -0.2) is 21.5 Å². The van der Waals surface area contributed by atoms with Crippen molar-refractivity contribution in [2.45, 2.75) is 45.7 Å². The highest BCUT2D eigenvalue weighted by Gasteiger charge is 2.24. The van der Waals surface area contributed by atoms with E-state index in [1.54, 1.807) is 6.07 Å². The third-order valence-electron chi connectivity index (χ3n) is 4.49. The molecule has 0 bridgehead atoms. The third-order valence-corrected chi connectivity index (χ3v) is 4.49. The molecule has 1 aliphatic carbocycles. The maximum Gasteiger partial charge on any atom is 0.254 e. The lowest BCUT2D eigenvalue weighted by atomic mass is 9.91. The van der Waals surface area contributed by atoms with Crippen molar-refractivity contribution in [3.05, 3.63) is 63.6 Å². The zero-order valence-electron chi connectivity index (χ0n) is 14.5. The van der Waals surface area contributed by atoms with Gasteiger partial charge in [0.15, 0.2) is 5.82 Å². The van der Waals surface area contributed by atoms with Crippen LogP contribution in [0.3, 0.4) is 0 Å². The van der Waals surface area contributed by atoms with E-state index in [1.807, 2.05) is 10.6 Å². The van der Waals surface area contributed by atoms with Crippen LogP contribution in [0.2, 0.25) is 0 Å². The summed E-state index contributed by atoms with van der Waals surface area (Å²) in [6, 6.07) is 4.74. The molecule has 1 aliphatic rings. The van der Waals surface area contributed by atoms with E-state index in [-0.39, 0.29) is 17.2 Å². The van der Waals surface area contributed by atoms with Crippen LogP contribution in [0, 0.1) is 11.7 Å². The first-order valence-corrected chi connectivity index (χ1v) is 8.57. The number of aromatic nitrogens is 2. The number of hydrogen-bond donors (Lipinski definition) is 1. The summed E-state index contributed by atoms with van der Waals surface area (Å²) >= 11 is 0. The van der Waals surface area contributed by atoms with Gasteiger partial charge in [0.2, 0.25) is 0 Å². The molecule has 1 unspecified atom stereocenters. The monoisotopic (exact) mass is 343 g/mol. The Kier molecular flexibility index (Phi) is 4.97. The predicted octanol–water partition coefficient (Wildman–Crippen LogP) is 2.33. The Bertz CT molecular complexity index is 845. The first-order chi connectivity index (χ1) is 12.0. The highest BCUT2D eigenvalue weighted by molar-refractivity contribution is 5.94. The van der Waals surface area contributed by atoms with Crippen molar-refractivity contribution in [2.75, 3.05) is 0 Å². The standard InChI is InChI=1S/C19H22FN3O2/c1-12(2)11-23-17-5-4-14(9-13(17)3-6-18(23)24)22-19(25)15-7-8-21-10-16(15)20/h3,6-8,10,12,14H,4-5,9,11H2,1-2H3,(H,22,25). The van der Waals surface area contributed by atoms with Crippen LogP contribution in [0.1, 0.15) is 41.9 Å². The van der Waals surface area contributed by atoms with E-state index in [0.717, 1.165) is 30.3 Å².